The largest absolute Gasteiger partial charge is 0.484 e. The highest BCUT2D eigenvalue weighted by atomic mass is 16.5. The Labute approximate surface area is 143 Å². The van der Waals surface area contributed by atoms with Crippen LogP contribution in [0, 0.1) is 5.41 Å². The highest BCUT2D eigenvalue weighted by Crippen LogP contribution is 2.21. The molecule has 0 saturated carbocycles. The van der Waals surface area contributed by atoms with E-state index in [0.29, 0.717) is 11.4 Å². The maximum Gasteiger partial charge on any atom is 0.260 e. The Bertz CT molecular complexity index is 587. The van der Waals surface area contributed by atoms with Gasteiger partial charge in [-0.2, -0.15) is 0 Å². The smallest absolute Gasteiger partial charge is 0.260 e. The maximum atomic E-state index is 12.2. The topological polar surface area (TPSA) is 61.9 Å². The Morgan fingerprint density at radius 1 is 1.17 bits per heavy atom. The summed E-state index contributed by atoms with van der Waals surface area (Å²) in [5.41, 5.74) is 0.202. The van der Waals surface area contributed by atoms with E-state index in [1.165, 1.54) is 0 Å². The summed E-state index contributed by atoms with van der Waals surface area (Å²) >= 11 is 0. The molecule has 1 aromatic rings. The lowest BCUT2D eigenvalue weighted by Crippen LogP contribution is -2.48. The number of hydrogen-bond donors (Lipinski definition) is 1. The Kier molecular flexibility index (Phi) is 5.83. The molecule has 0 radical (unpaired) electrons. The van der Waals surface area contributed by atoms with E-state index in [4.69, 9.17) is 4.74 Å². The van der Waals surface area contributed by atoms with E-state index < -0.39 is 5.41 Å². The minimum Gasteiger partial charge on any atom is -0.484 e. The summed E-state index contributed by atoms with van der Waals surface area (Å²) in [5.74, 6) is 0.504. The maximum absolute atomic E-state index is 12.2. The Balaban J connectivity index is 1.88. The molecule has 1 saturated heterocycles. The number of carbonyl (C=O) groups excluding carboxylic acids is 2. The standard InChI is InChI=1S/C18H27N3O3/c1-18(2,3)17(23)19-14-6-5-7-15(12-14)24-13-16(22)21-10-8-20(4)9-11-21/h5-7,12H,8-11,13H2,1-4H3,(H,19,23). The number of rotatable bonds is 4. The first-order valence-corrected chi connectivity index (χ1v) is 8.26. The van der Waals surface area contributed by atoms with Crippen molar-refractivity contribution in [1.82, 2.24) is 9.80 Å². The second-order valence-electron chi connectivity index (χ2n) is 7.20. The Morgan fingerprint density at radius 2 is 1.83 bits per heavy atom. The van der Waals surface area contributed by atoms with Crippen molar-refractivity contribution >= 4 is 17.5 Å². The fourth-order valence-electron chi connectivity index (χ4n) is 2.27. The molecule has 1 heterocycles. The lowest BCUT2D eigenvalue weighted by molar-refractivity contribution is -0.135. The Hall–Kier alpha value is -2.08. The lowest BCUT2D eigenvalue weighted by Gasteiger charge is -2.32. The Morgan fingerprint density at radius 3 is 2.46 bits per heavy atom. The summed E-state index contributed by atoms with van der Waals surface area (Å²) in [4.78, 5) is 28.2. The molecular weight excluding hydrogens is 306 g/mol. The highest BCUT2D eigenvalue weighted by Gasteiger charge is 2.21. The number of hydrogen-bond acceptors (Lipinski definition) is 4. The number of ether oxygens (including phenoxy) is 1. The molecule has 0 aromatic heterocycles. The average molecular weight is 333 g/mol. The van der Waals surface area contributed by atoms with Gasteiger partial charge >= 0.3 is 0 Å². The van der Waals surface area contributed by atoms with Gasteiger partial charge in [0.2, 0.25) is 5.91 Å². The zero-order valence-electron chi connectivity index (χ0n) is 15.0. The summed E-state index contributed by atoms with van der Waals surface area (Å²) in [6.45, 7) is 8.84. The third kappa shape index (κ3) is 5.23. The first-order chi connectivity index (χ1) is 11.3. The van der Waals surface area contributed by atoms with Crippen LogP contribution in [0.4, 0.5) is 5.69 Å². The molecule has 2 amide bonds. The van der Waals surface area contributed by atoms with Gasteiger partial charge in [-0.05, 0) is 19.2 Å². The number of nitrogens with zero attached hydrogens (tertiary/aromatic N) is 2. The molecule has 132 valence electrons. The molecule has 1 aliphatic heterocycles. The third-order valence-electron chi connectivity index (χ3n) is 3.99. The normalized spacial score (nSPS) is 15.9. The van der Waals surface area contributed by atoms with Crippen LogP contribution in [0.5, 0.6) is 5.75 Å². The molecule has 0 unspecified atom stereocenters. The number of carbonyl (C=O) groups is 2. The van der Waals surface area contributed by atoms with Crippen LogP contribution in [0.1, 0.15) is 20.8 Å². The van der Waals surface area contributed by atoms with Gasteiger partial charge in [0.05, 0.1) is 0 Å². The molecular formula is C18H27N3O3. The molecule has 0 bridgehead atoms. The first-order valence-electron chi connectivity index (χ1n) is 8.26. The first kappa shape index (κ1) is 18.3. The van der Waals surface area contributed by atoms with Crippen LogP contribution in [0.2, 0.25) is 0 Å². The van der Waals surface area contributed by atoms with Crippen molar-refractivity contribution in [3.05, 3.63) is 24.3 Å². The van der Waals surface area contributed by atoms with Gasteiger partial charge in [-0.25, -0.2) is 0 Å². The number of anilines is 1. The van der Waals surface area contributed by atoms with Crippen LogP contribution in [0.15, 0.2) is 24.3 Å². The van der Waals surface area contributed by atoms with Crippen LogP contribution >= 0.6 is 0 Å². The molecule has 6 heteroatoms. The van der Waals surface area contributed by atoms with E-state index in [0.717, 1.165) is 26.2 Å². The van der Waals surface area contributed by atoms with E-state index in [-0.39, 0.29) is 18.4 Å². The summed E-state index contributed by atoms with van der Waals surface area (Å²) in [6, 6.07) is 7.12. The molecule has 24 heavy (non-hydrogen) atoms. The van der Waals surface area contributed by atoms with Crippen LogP contribution in [0.25, 0.3) is 0 Å². The number of nitrogens with one attached hydrogen (secondary N) is 1. The van der Waals surface area contributed by atoms with Crippen LogP contribution in [-0.2, 0) is 9.59 Å². The van der Waals surface area contributed by atoms with E-state index in [9.17, 15) is 9.59 Å². The zero-order valence-corrected chi connectivity index (χ0v) is 15.0. The van der Waals surface area contributed by atoms with Crippen molar-refractivity contribution in [2.45, 2.75) is 20.8 Å². The number of amides is 2. The lowest BCUT2D eigenvalue weighted by atomic mass is 9.95. The molecule has 0 spiro atoms. The van der Waals surface area contributed by atoms with Crippen LogP contribution in [-0.4, -0.2) is 61.4 Å². The second kappa shape index (κ2) is 7.66. The summed E-state index contributed by atoms with van der Waals surface area (Å²) in [6.07, 6.45) is 0. The summed E-state index contributed by atoms with van der Waals surface area (Å²) in [5, 5.41) is 2.86. The molecule has 1 aromatic carbocycles. The molecule has 1 fully saturated rings. The van der Waals surface area contributed by atoms with Gasteiger partial charge in [0.15, 0.2) is 6.61 Å². The van der Waals surface area contributed by atoms with Gasteiger partial charge in [-0.3, -0.25) is 9.59 Å². The fraction of sp³-hybridized carbons (Fsp3) is 0.556. The summed E-state index contributed by atoms with van der Waals surface area (Å²) in [7, 11) is 2.05. The molecule has 2 rings (SSSR count). The average Bonchev–Trinajstić information content (AvgIpc) is 2.53. The van der Waals surface area contributed by atoms with Crippen molar-refractivity contribution in [2.75, 3.05) is 45.2 Å². The van der Waals surface area contributed by atoms with Crippen molar-refractivity contribution < 1.29 is 14.3 Å². The van der Waals surface area contributed by atoms with E-state index in [1.54, 1.807) is 24.3 Å². The quantitative estimate of drug-likeness (QED) is 0.913. The van der Waals surface area contributed by atoms with Crippen molar-refractivity contribution in [1.29, 1.82) is 0 Å². The monoisotopic (exact) mass is 333 g/mol. The zero-order chi connectivity index (χ0) is 17.7. The van der Waals surface area contributed by atoms with Crippen molar-refractivity contribution in [3.63, 3.8) is 0 Å². The predicted molar refractivity (Wildman–Crippen MR) is 94.1 cm³/mol. The van der Waals surface area contributed by atoms with E-state index >= 15 is 0 Å². The molecule has 6 nitrogen and oxygen atoms in total. The minimum absolute atomic E-state index is 0.00719. The van der Waals surface area contributed by atoms with Gasteiger partial charge < -0.3 is 19.9 Å². The van der Waals surface area contributed by atoms with Gasteiger partial charge in [-0.1, -0.05) is 26.8 Å². The SMILES string of the molecule is CN1CCN(C(=O)COc2cccc(NC(=O)C(C)(C)C)c2)CC1. The van der Waals surface area contributed by atoms with E-state index in [2.05, 4.69) is 17.3 Å². The van der Waals surface area contributed by atoms with Crippen molar-refractivity contribution in [2.24, 2.45) is 5.41 Å². The van der Waals surface area contributed by atoms with Gasteiger partial charge in [-0.15, -0.1) is 0 Å². The summed E-state index contributed by atoms with van der Waals surface area (Å²) < 4.78 is 5.60. The molecule has 1 aliphatic rings. The molecule has 1 N–H and O–H groups in total. The number of benzene rings is 1. The number of piperazine rings is 1. The third-order valence-corrected chi connectivity index (χ3v) is 3.99. The number of likely N-dealkylation sites (N-methyl/N-ethyl adjacent to an activating group) is 1. The van der Waals surface area contributed by atoms with Crippen LogP contribution in [0.3, 0.4) is 0 Å². The van der Waals surface area contributed by atoms with Gasteiger partial charge in [0.25, 0.3) is 5.91 Å². The molecule has 0 aliphatic carbocycles. The molecule has 0 atom stereocenters. The van der Waals surface area contributed by atoms with Crippen LogP contribution < -0.4 is 10.1 Å². The predicted octanol–water partition coefficient (Wildman–Crippen LogP) is 1.82. The minimum atomic E-state index is -0.464. The van der Waals surface area contributed by atoms with Crippen molar-refractivity contribution in [3.8, 4) is 5.75 Å². The van der Waals surface area contributed by atoms with Gasteiger partial charge in [0.1, 0.15) is 5.75 Å². The fourth-order valence-corrected chi connectivity index (χ4v) is 2.27. The highest BCUT2D eigenvalue weighted by molar-refractivity contribution is 5.94. The van der Waals surface area contributed by atoms with E-state index in [1.807, 2.05) is 25.7 Å². The second-order valence-corrected chi connectivity index (χ2v) is 7.20. The van der Waals surface area contributed by atoms with Gasteiger partial charge in [0, 0.05) is 43.3 Å².